The second-order valence-electron chi connectivity index (χ2n) is 7.74. The molecule has 0 spiro atoms. The van der Waals surface area contributed by atoms with E-state index >= 15 is 0 Å². The summed E-state index contributed by atoms with van der Waals surface area (Å²) in [7, 11) is 1.77. The molecule has 164 valence electrons. The summed E-state index contributed by atoms with van der Waals surface area (Å²) in [4.78, 5) is 22.7. The lowest BCUT2D eigenvalue weighted by Gasteiger charge is -2.27. The summed E-state index contributed by atoms with van der Waals surface area (Å²) >= 11 is 1.87. The van der Waals surface area contributed by atoms with E-state index in [0.29, 0.717) is 13.1 Å². The number of amides is 1. The summed E-state index contributed by atoms with van der Waals surface area (Å²) in [5, 5.41) is 6.64. The fourth-order valence-electron chi connectivity index (χ4n) is 2.55. The maximum Gasteiger partial charge on any atom is 0.410 e. The Labute approximate surface area is 180 Å². The minimum atomic E-state index is -0.523. The van der Waals surface area contributed by atoms with Crippen molar-refractivity contribution < 1.29 is 9.53 Å². The Balaban J connectivity index is 2.47. The van der Waals surface area contributed by atoms with Crippen LogP contribution >= 0.6 is 11.8 Å². The molecule has 0 aliphatic rings. The van der Waals surface area contributed by atoms with E-state index in [1.165, 1.54) is 12.2 Å². The van der Waals surface area contributed by atoms with Crippen LogP contribution in [-0.4, -0.2) is 66.2 Å². The Bertz CT molecular complexity index is 605. The highest BCUT2D eigenvalue weighted by Gasteiger charge is 2.22. The van der Waals surface area contributed by atoms with E-state index in [4.69, 9.17) is 4.74 Å². The predicted molar refractivity (Wildman–Crippen MR) is 122 cm³/mol. The smallest absolute Gasteiger partial charge is 0.410 e. The molecule has 1 aromatic rings. The van der Waals surface area contributed by atoms with Gasteiger partial charge in [0, 0.05) is 39.1 Å². The first-order valence-corrected chi connectivity index (χ1v) is 11.6. The molecule has 8 heteroatoms. The lowest BCUT2D eigenvalue weighted by Crippen LogP contribution is -2.40. The summed E-state index contributed by atoms with van der Waals surface area (Å²) in [6.07, 6.45) is 8.43. The van der Waals surface area contributed by atoms with Gasteiger partial charge < -0.3 is 20.3 Å². The molecule has 0 aliphatic heterocycles. The molecule has 0 unspecified atom stereocenters. The van der Waals surface area contributed by atoms with E-state index in [1.54, 1.807) is 24.3 Å². The molecule has 0 fully saturated rings. The number of carbonyl (C=O) groups is 1. The summed E-state index contributed by atoms with van der Waals surface area (Å²) in [5.41, 5.74) is 0.458. The second-order valence-corrected chi connectivity index (χ2v) is 8.73. The fourth-order valence-corrected chi connectivity index (χ4v) is 3.04. The monoisotopic (exact) mass is 423 g/mol. The Hall–Kier alpha value is -1.96. The van der Waals surface area contributed by atoms with Gasteiger partial charge in [-0.3, -0.25) is 9.98 Å². The highest BCUT2D eigenvalue weighted by molar-refractivity contribution is 7.98. The van der Waals surface area contributed by atoms with Gasteiger partial charge in [-0.25, -0.2) is 4.79 Å². The highest BCUT2D eigenvalue weighted by Crippen LogP contribution is 2.12. The Morgan fingerprint density at radius 2 is 1.97 bits per heavy atom. The number of hydrogen-bond donors (Lipinski definition) is 2. The third-order valence-electron chi connectivity index (χ3n) is 3.94. The van der Waals surface area contributed by atoms with Crippen molar-refractivity contribution in [3.63, 3.8) is 0 Å². The van der Waals surface area contributed by atoms with Crippen LogP contribution in [0.3, 0.4) is 0 Å². The minimum Gasteiger partial charge on any atom is -0.444 e. The van der Waals surface area contributed by atoms with Gasteiger partial charge in [0.25, 0.3) is 0 Å². The highest BCUT2D eigenvalue weighted by atomic mass is 32.2. The zero-order chi connectivity index (χ0) is 21.5. The molecule has 0 atom stereocenters. The molecule has 0 aliphatic carbocycles. The van der Waals surface area contributed by atoms with Gasteiger partial charge in [0.05, 0.1) is 6.54 Å². The second kappa shape index (κ2) is 14.1. The average Bonchev–Trinajstić information content (AvgIpc) is 2.67. The molecule has 1 amide bonds. The van der Waals surface area contributed by atoms with Crippen LogP contribution in [0.1, 0.15) is 45.6 Å². The van der Waals surface area contributed by atoms with Crippen LogP contribution in [-0.2, 0) is 11.3 Å². The molecule has 0 saturated carbocycles. The number of thioether (sulfide) groups is 1. The summed E-state index contributed by atoms with van der Waals surface area (Å²) in [6, 6.07) is 3.84. The number of unbranched alkanes of at least 4 members (excludes halogenated alkanes) is 1. The predicted octanol–water partition coefficient (Wildman–Crippen LogP) is 3.52. The zero-order valence-corrected chi connectivity index (χ0v) is 19.3. The molecule has 1 aromatic heterocycles. The first-order chi connectivity index (χ1) is 13.9. The Kier molecular flexibility index (Phi) is 12.2. The van der Waals surface area contributed by atoms with Gasteiger partial charge in [-0.1, -0.05) is 6.07 Å². The van der Waals surface area contributed by atoms with Crippen LogP contribution in [0.25, 0.3) is 0 Å². The number of nitrogens with one attached hydrogen (secondary N) is 2. The van der Waals surface area contributed by atoms with Crippen LogP contribution in [0.2, 0.25) is 0 Å². The SMILES string of the molecule is CN=C(NCCCCSC)NCCCN(Cc1cccnc1)C(=O)OC(C)(C)C. The fraction of sp³-hybridized carbons (Fsp3) is 0.667. The summed E-state index contributed by atoms with van der Waals surface area (Å²) in [5.74, 6) is 1.98. The molecule has 7 nitrogen and oxygen atoms in total. The topological polar surface area (TPSA) is 78.9 Å². The van der Waals surface area contributed by atoms with Gasteiger partial charge in [-0.05, 0) is 63.7 Å². The maximum atomic E-state index is 12.6. The van der Waals surface area contributed by atoms with Crippen molar-refractivity contribution in [2.45, 2.75) is 52.2 Å². The van der Waals surface area contributed by atoms with Crippen molar-refractivity contribution in [3.8, 4) is 0 Å². The molecule has 1 heterocycles. The lowest BCUT2D eigenvalue weighted by molar-refractivity contribution is 0.0232. The molecule has 29 heavy (non-hydrogen) atoms. The third-order valence-corrected chi connectivity index (χ3v) is 4.63. The van der Waals surface area contributed by atoms with Gasteiger partial charge in [0.15, 0.2) is 5.96 Å². The van der Waals surface area contributed by atoms with Gasteiger partial charge in [0.2, 0.25) is 0 Å². The van der Waals surface area contributed by atoms with Crippen molar-refractivity contribution in [2.24, 2.45) is 4.99 Å². The standard InChI is InChI=1S/C21H37N5O2S/c1-21(2,3)28-20(27)26(17-18-10-8-11-23-16-18)14-9-13-25-19(22-4)24-12-6-7-15-29-5/h8,10-11,16H,6-7,9,12-15,17H2,1-5H3,(H2,22,24,25). The number of rotatable bonds is 11. The van der Waals surface area contributed by atoms with Crippen molar-refractivity contribution in [1.82, 2.24) is 20.5 Å². The van der Waals surface area contributed by atoms with E-state index in [0.717, 1.165) is 37.5 Å². The molecule has 0 aromatic carbocycles. The van der Waals surface area contributed by atoms with E-state index in [2.05, 4.69) is 26.9 Å². The molecular formula is C21H37N5O2S. The van der Waals surface area contributed by atoms with E-state index in [1.807, 2.05) is 44.7 Å². The molecule has 0 saturated heterocycles. The van der Waals surface area contributed by atoms with Crippen molar-refractivity contribution in [3.05, 3.63) is 30.1 Å². The zero-order valence-electron chi connectivity index (χ0n) is 18.5. The van der Waals surface area contributed by atoms with E-state index < -0.39 is 5.60 Å². The number of ether oxygens (including phenoxy) is 1. The third kappa shape index (κ3) is 12.3. The average molecular weight is 424 g/mol. The van der Waals surface area contributed by atoms with Crippen molar-refractivity contribution in [1.29, 1.82) is 0 Å². The number of aromatic nitrogens is 1. The van der Waals surface area contributed by atoms with Gasteiger partial charge >= 0.3 is 6.09 Å². The normalized spacial score (nSPS) is 11.8. The number of hydrogen-bond acceptors (Lipinski definition) is 5. The van der Waals surface area contributed by atoms with Crippen LogP contribution < -0.4 is 10.6 Å². The molecular weight excluding hydrogens is 386 g/mol. The van der Waals surface area contributed by atoms with Crippen LogP contribution in [0.15, 0.2) is 29.5 Å². The minimum absolute atomic E-state index is 0.308. The number of guanidine groups is 1. The number of aliphatic imine (C=N–C) groups is 1. The summed E-state index contributed by atoms with van der Waals surface area (Å²) in [6.45, 7) is 8.32. The van der Waals surface area contributed by atoms with Gasteiger partial charge in [-0.2, -0.15) is 11.8 Å². The molecule has 2 N–H and O–H groups in total. The molecule has 1 rings (SSSR count). The largest absolute Gasteiger partial charge is 0.444 e. The molecule has 0 radical (unpaired) electrons. The van der Waals surface area contributed by atoms with Crippen LogP contribution in [0.4, 0.5) is 4.79 Å². The Morgan fingerprint density at radius 3 is 2.55 bits per heavy atom. The van der Waals surface area contributed by atoms with Crippen LogP contribution in [0.5, 0.6) is 0 Å². The maximum absolute atomic E-state index is 12.6. The number of carbonyl (C=O) groups excluding carboxylic acids is 1. The Morgan fingerprint density at radius 1 is 1.24 bits per heavy atom. The quantitative estimate of drug-likeness (QED) is 0.322. The number of nitrogens with zero attached hydrogens (tertiary/aromatic N) is 3. The lowest BCUT2D eigenvalue weighted by atomic mass is 10.2. The van der Waals surface area contributed by atoms with Crippen molar-refractivity contribution in [2.75, 3.05) is 38.7 Å². The van der Waals surface area contributed by atoms with E-state index in [-0.39, 0.29) is 6.09 Å². The first kappa shape index (κ1) is 25.1. The van der Waals surface area contributed by atoms with Gasteiger partial charge in [-0.15, -0.1) is 0 Å². The first-order valence-electron chi connectivity index (χ1n) is 10.2. The summed E-state index contributed by atoms with van der Waals surface area (Å²) < 4.78 is 5.57. The van der Waals surface area contributed by atoms with E-state index in [9.17, 15) is 4.79 Å². The van der Waals surface area contributed by atoms with Crippen LogP contribution in [0, 0.1) is 0 Å². The number of pyridine rings is 1. The molecule has 0 bridgehead atoms. The van der Waals surface area contributed by atoms with Crippen molar-refractivity contribution >= 4 is 23.8 Å². The van der Waals surface area contributed by atoms with Gasteiger partial charge in [0.1, 0.15) is 5.60 Å².